The van der Waals surface area contributed by atoms with Gasteiger partial charge in [0.1, 0.15) is 17.7 Å². The van der Waals surface area contributed by atoms with Gasteiger partial charge in [0.15, 0.2) is 0 Å². The Hall–Kier alpha value is -3.06. The number of carbonyl (C=O) groups is 4. The van der Waals surface area contributed by atoms with E-state index >= 15 is 0 Å². The first-order valence-corrected chi connectivity index (χ1v) is 17.3. The van der Waals surface area contributed by atoms with Crippen LogP contribution in [0.2, 0.25) is 0 Å². The second kappa shape index (κ2) is 16.4. The Morgan fingerprint density at radius 2 is 1.98 bits per heavy atom. The highest BCUT2D eigenvalue weighted by molar-refractivity contribution is 9.09. The average Bonchev–Trinajstić information content (AvgIpc) is 3.64. The van der Waals surface area contributed by atoms with E-state index in [1.165, 1.54) is 12.0 Å². The largest absolute Gasteiger partial charge is 0.455 e. The number of aliphatic hydroxyl groups excluding tert-OH is 1. The van der Waals surface area contributed by atoms with E-state index in [1.54, 1.807) is 29.2 Å². The molecule has 2 bridgehead atoms. The van der Waals surface area contributed by atoms with E-state index in [4.69, 9.17) is 14.2 Å². The van der Waals surface area contributed by atoms with Crippen LogP contribution in [-0.2, 0) is 33.4 Å². The second-order valence-corrected chi connectivity index (χ2v) is 13.7. The Bertz CT molecular complexity index is 1300. The number of carbonyl (C=O) groups excluding carboxylic acids is 4. The van der Waals surface area contributed by atoms with Gasteiger partial charge in [0.25, 0.3) is 0 Å². The van der Waals surface area contributed by atoms with E-state index in [0.29, 0.717) is 18.4 Å². The van der Waals surface area contributed by atoms with Crippen molar-refractivity contribution in [2.45, 2.75) is 86.7 Å². The Morgan fingerprint density at radius 1 is 1.26 bits per heavy atom. The van der Waals surface area contributed by atoms with E-state index in [0.717, 1.165) is 12.8 Å². The van der Waals surface area contributed by atoms with E-state index < -0.39 is 53.6 Å². The third-order valence-corrected chi connectivity index (χ3v) is 10.3. The van der Waals surface area contributed by atoms with Crippen LogP contribution < -0.4 is 5.32 Å². The van der Waals surface area contributed by atoms with Crippen molar-refractivity contribution in [3.63, 3.8) is 0 Å². The molecule has 258 valence electrons. The number of aliphatic hydroxyl groups is 1. The van der Waals surface area contributed by atoms with Crippen LogP contribution in [0.15, 0.2) is 55.6 Å². The van der Waals surface area contributed by atoms with Gasteiger partial charge in [-0.3, -0.25) is 19.2 Å². The smallest absolute Gasteiger partial charge is 0.313 e. The number of nitrogens with one attached hydrogen (secondary N) is 1. The maximum Gasteiger partial charge on any atom is 0.313 e. The van der Waals surface area contributed by atoms with Crippen molar-refractivity contribution in [1.29, 1.82) is 0 Å². The minimum Gasteiger partial charge on any atom is -0.455 e. The SMILES string of the molecule is C=CCCC(=O)N[C@H](COC)[C@H](OC(=O)[C@H]1[C@@H]2O[C@@]3(CC2Br)[C@@H]1C(=O)N(CCO)[C@@H]3C(=O)N(CC=C)C(C)CCC)c1ccccc1. The first-order chi connectivity index (χ1) is 22.6. The molecular formula is C35H48BrN3O8. The second-order valence-electron chi connectivity index (χ2n) is 12.6. The maximum absolute atomic E-state index is 14.4. The molecule has 3 fully saturated rings. The fourth-order valence-corrected chi connectivity index (χ4v) is 8.45. The number of hydrogen-bond acceptors (Lipinski definition) is 8. The minimum atomic E-state index is -1.30. The van der Waals surface area contributed by atoms with Crippen molar-refractivity contribution in [2.24, 2.45) is 11.8 Å². The molecular weight excluding hydrogens is 670 g/mol. The van der Waals surface area contributed by atoms with Gasteiger partial charge in [-0.15, -0.1) is 13.2 Å². The molecule has 3 aliphatic heterocycles. The van der Waals surface area contributed by atoms with E-state index in [1.807, 2.05) is 32.0 Å². The van der Waals surface area contributed by atoms with E-state index in [-0.39, 0.29) is 55.4 Å². The van der Waals surface area contributed by atoms with E-state index in [2.05, 4.69) is 34.4 Å². The number of fused-ring (bicyclic) bond motifs is 1. The molecule has 12 heteroatoms. The highest BCUT2D eigenvalue weighted by atomic mass is 79.9. The third-order valence-electron chi connectivity index (χ3n) is 9.49. The molecule has 3 saturated heterocycles. The minimum absolute atomic E-state index is 0.0561. The van der Waals surface area contributed by atoms with Crippen LogP contribution in [0.4, 0.5) is 0 Å². The molecule has 9 atom stereocenters. The number of halogens is 1. The number of likely N-dealkylation sites (tertiary alicyclic amines) is 1. The average molecular weight is 719 g/mol. The molecule has 0 aliphatic carbocycles. The molecule has 2 unspecified atom stereocenters. The van der Waals surface area contributed by atoms with Crippen LogP contribution in [0.1, 0.15) is 57.6 Å². The predicted molar refractivity (Wildman–Crippen MR) is 179 cm³/mol. The van der Waals surface area contributed by atoms with Crippen molar-refractivity contribution in [1.82, 2.24) is 15.1 Å². The zero-order valence-electron chi connectivity index (χ0n) is 27.5. The summed E-state index contributed by atoms with van der Waals surface area (Å²) in [5.74, 6) is -3.68. The fourth-order valence-electron chi connectivity index (χ4n) is 7.51. The van der Waals surface area contributed by atoms with Gasteiger partial charge >= 0.3 is 5.97 Å². The van der Waals surface area contributed by atoms with Crippen LogP contribution in [0.25, 0.3) is 0 Å². The standard InChI is InChI=1S/C35H48BrN3O8/c1-6-9-16-26(41)37-25(21-45-5)29(23-14-11-10-12-15-23)46-34(44)27-28-32(42)39(18-19-40)31(35(28)20-24(36)30(27)47-35)33(43)38(17-8-3)22(4)13-7-2/h6,8,10-12,14-15,22,24-25,27-31,40H,1,3,7,9,13,16-21H2,2,4-5H3,(H,37,41)/t22?,24?,25-,27-,28+,29-,30-,31-,35+/m1/s1. The quantitative estimate of drug-likeness (QED) is 0.134. The lowest BCUT2D eigenvalue weighted by molar-refractivity contribution is -0.163. The molecule has 4 rings (SSSR count). The lowest BCUT2D eigenvalue weighted by Crippen LogP contribution is -2.58. The first kappa shape index (κ1) is 36.8. The van der Waals surface area contributed by atoms with Gasteiger partial charge in [0, 0.05) is 37.5 Å². The van der Waals surface area contributed by atoms with Crippen LogP contribution in [0.5, 0.6) is 0 Å². The topological polar surface area (TPSA) is 135 Å². The Labute approximate surface area is 285 Å². The van der Waals surface area contributed by atoms with Crippen LogP contribution >= 0.6 is 15.9 Å². The first-order valence-electron chi connectivity index (χ1n) is 16.4. The lowest BCUT2D eigenvalue weighted by Gasteiger charge is -2.39. The third kappa shape index (κ3) is 7.35. The summed E-state index contributed by atoms with van der Waals surface area (Å²) in [5, 5.41) is 12.9. The zero-order chi connectivity index (χ0) is 34.3. The van der Waals surface area contributed by atoms with Gasteiger partial charge in [-0.05, 0) is 31.7 Å². The van der Waals surface area contributed by atoms with Gasteiger partial charge in [0.2, 0.25) is 17.7 Å². The molecule has 1 aromatic carbocycles. The summed E-state index contributed by atoms with van der Waals surface area (Å²) in [7, 11) is 1.50. The molecule has 0 radical (unpaired) electrons. The van der Waals surface area contributed by atoms with Crippen LogP contribution in [0.3, 0.4) is 0 Å². The number of esters is 1. The van der Waals surface area contributed by atoms with Crippen LogP contribution in [0, 0.1) is 11.8 Å². The lowest BCUT2D eigenvalue weighted by atomic mass is 9.70. The highest BCUT2D eigenvalue weighted by Gasteiger charge is 2.77. The number of amides is 3. The monoisotopic (exact) mass is 717 g/mol. The van der Waals surface area contributed by atoms with Gasteiger partial charge in [-0.1, -0.05) is 71.8 Å². The van der Waals surface area contributed by atoms with Crippen molar-refractivity contribution in [3.8, 4) is 0 Å². The number of methoxy groups -OCH3 is 1. The summed E-state index contributed by atoms with van der Waals surface area (Å²) in [6.07, 6.45) is 4.26. The molecule has 3 heterocycles. The molecule has 1 spiro atoms. The van der Waals surface area contributed by atoms with Gasteiger partial charge in [-0.25, -0.2) is 0 Å². The summed E-state index contributed by atoms with van der Waals surface area (Å²) in [6, 6.07) is 7.15. The van der Waals surface area contributed by atoms with Crippen molar-refractivity contribution < 1.29 is 38.5 Å². The number of rotatable bonds is 18. The fraction of sp³-hybridized carbons (Fsp3) is 0.600. The summed E-state index contributed by atoms with van der Waals surface area (Å²) < 4.78 is 18.3. The van der Waals surface area contributed by atoms with Crippen molar-refractivity contribution >= 4 is 39.6 Å². The number of hydrogen-bond donors (Lipinski definition) is 2. The number of alkyl halides is 1. The summed E-state index contributed by atoms with van der Waals surface area (Å²) in [4.78, 5) is 58.6. The Kier molecular flexibility index (Phi) is 12.8. The molecule has 0 saturated carbocycles. The van der Waals surface area contributed by atoms with Crippen LogP contribution in [-0.4, -0.2) is 107 Å². The molecule has 3 amide bonds. The molecule has 1 aromatic rings. The normalized spacial score (nSPS) is 27.9. The number of nitrogens with zero attached hydrogens (tertiary/aromatic N) is 2. The number of allylic oxidation sites excluding steroid dienone is 1. The number of ether oxygens (including phenoxy) is 3. The van der Waals surface area contributed by atoms with Gasteiger partial charge in [0.05, 0.1) is 37.2 Å². The van der Waals surface area contributed by atoms with Crippen molar-refractivity contribution in [2.75, 3.05) is 33.4 Å². The molecule has 11 nitrogen and oxygen atoms in total. The molecule has 0 aromatic heterocycles. The Morgan fingerprint density at radius 3 is 2.60 bits per heavy atom. The van der Waals surface area contributed by atoms with Gasteiger partial charge < -0.3 is 34.4 Å². The summed E-state index contributed by atoms with van der Waals surface area (Å²) in [5.41, 5.74) is -0.664. The predicted octanol–water partition coefficient (Wildman–Crippen LogP) is 3.31. The van der Waals surface area contributed by atoms with Crippen molar-refractivity contribution in [3.05, 3.63) is 61.2 Å². The summed E-state index contributed by atoms with van der Waals surface area (Å²) in [6.45, 7) is 11.4. The Balaban J connectivity index is 1.71. The molecule has 2 N–H and O–H groups in total. The van der Waals surface area contributed by atoms with E-state index in [9.17, 15) is 24.3 Å². The summed E-state index contributed by atoms with van der Waals surface area (Å²) >= 11 is 3.70. The molecule has 3 aliphatic rings. The van der Waals surface area contributed by atoms with Gasteiger partial charge in [-0.2, -0.15) is 0 Å². The molecule has 47 heavy (non-hydrogen) atoms. The number of benzene rings is 1. The number of β-amino-alcohol motifs (C(OH)–C–C–N with tert-alkyl or cyclic N) is 1. The maximum atomic E-state index is 14.4. The zero-order valence-corrected chi connectivity index (χ0v) is 29.1. The highest BCUT2D eigenvalue weighted by Crippen LogP contribution is 2.60.